The molecule has 1 spiro atoms. The first-order valence-corrected chi connectivity index (χ1v) is 20.6. The van der Waals surface area contributed by atoms with Gasteiger partial charge < -0.3 is 33.8 Å². The smallest absolute Gasteiger partial charge is 0.308 e. The Morgan fingerprint density at radius 2 is 1.93 bits per heavy atom. The summed E-state index contributed by atoms with van der Waals surface area (Å²) in [5.41, 5.74) is 7.51. The number of likely N-dealkylation sites (N-methyl/N-ethyl adjacent to an activating group) is 1. The minimum absolute atomic E-state index is 0.0227. The van der Waals surface area contributed by atoms with Gasteiger partial charge in [0.05, 0.1) is 37.1 Å². The lowest BCUT2D eigenvalue weighted by molar-refractivity contribution is -0.133. The molecule has 13 nitrogen and oxygen atoms in total. The van der Waals surface area contributed by atoms with Gasteiger partial charge >= 0.3 is 5.97 Å². The van der Waals surface area contributed by atoms with Crippen LogP contribution in [0, 0.1) is 32.1 Å². The van der Waals surface area contributed by atoms with E-state index in [0.29, 0.717) is 41.5 Å². The lowest BCUT2D eigenvalue weighted by Gasteiger charge is -2.61. The Morgan fingerprint density at radius 1 is 1.12 bits per heavy atom. The van der Waals surface area contributed by atoms with Crippen LogP contribution in [-0.2, 0) is 32.7 Å². The van der Waals surface area contributed by atoms with E-state index < -0.39 is 40.9 Å². The van der Waals surface area contributed by atoms with Crippen LogP contribution in [0.1, 0.15) is 74.5 Å². The number of para-hydroxylation sites is 1. The second kappa shape index (κ2) is 13.1. The summed E-state index contributed by atoms with van der Waals surface area (Å²) in [5, 5.41) is 27.6. The van der Waals surface area contributed by atoms with Gasteiger partial charge in [0.25, 0.3) is 0 Å². The summed E-state index contributed by atoms with van der Waals surface area (Å²) in [6, 6.07) is 8.59. The molecule has 0 saturated carbocycles. The number of carbonyl (C=O) groups excluding carboxylic acids is 2. The molecule has 11 rings (SSSR count). The number of H-pyrrole nitrogens is 1. The van der Waals surface area contributed by atoms with Crippen LogP contribution in [0.5, 0.6) is 28.7 Å². The number of hydrogen-bond donors (Lipinski definition) is 3. The maximum absolute atomic E-state index is 14.9. The number of aromatic hydroxyl groups is 1. The zero-order valence-electron chi connectivity index (χ0n) is 32.8. The number of aryl methyl sites for hydroxylation is 2. The van der Waals surface area contributed by atoms with Crippen molar-refractivity contribution < 1.29 is 38.4 Å². The Morgan fingerprint density at radius 3 is 2.70 bits per heavy atom. The summed E-state index contributed by atoms with van der Waals surface area (Å²) in [4.78, 5) is 36.2. The van der Waals surface area contributed by atoms with Crippen molar-refractivity contribution in [2.75, 3.05) is 46.5 Å². The summed E-state index contributed by atoms with van der Waals surface area (Å²) >= 11 is 1.59. The second-order valence-electron chi connectivity index (χ2n) is 16.2. The highest BCUT2D eigenvalue weighted by molar-refractivity contribution is 7.99. The molecule has 3 aromatic carbocycles. The van der Waals surface area contributed by atoms with Crippen molar-refractivity contribution in [3.05, 3.63) is 74.5 Å². The molecular weight excluding hydrogens is 747 g/mol. The first-order chi connectivity index (χ1) is 27.5. The van der Waals surface area contributed by atoms with Gasteiger partial charge in [-0.25, -0.2) is 0 Å². The summed E-state index contributed by atoms with van der Waals surface area (Å²) in [7, 11) is 3.59. The molecule has 57 heavy (non-hydrogen) atoms. The number of benzene rings is 3. The van der Waals surface area contributed by atoms with E-state index in [1.54, 1.807) is 18.9 Å². The largest absolute Gasteiger partial charge is 0.504 e. The van der Waals surface area contributed by atoms with Gasteiger partial charge in [-0.15, -0.1) is 11.8 Å². The summed E-state index contributed by atoms with van der Waals surface area (Å²) < 4.78 is 31.0. The van der Waals surface area contributed by atoms with Crippen molar-refractivity contribution >= 4 is 34.4 Å². The number of methoxy groups -OCH3 is 1. The Hall–Kier alpha value is -4.78. The predicted molar refractivity (Wildman–Crippen MR) is 211 cm³/mol. The number of esters is 1. The number of nitriles is 1. The predicted octanol–water partition coefficient (Wildman–Crippen LogP) is 5.11. The molecule has 4 bridgehead atoms. The number of carbonyl (C=O) groups is 2. The number of nitrogens with one attached hydrogen (secondary N) is 2. The molecule has 4 aromatic rings. The van der Waals surface area contributed by atoms with E-state index in [-0.39, 0.29) is 43.3 Å². The molecule has 14 heteroatoms. The molecule has 7 atom stereocenters. The molecule has 8 heterocycles. The Labute approximate surface area is 334 Å². The lowest BCUT2D eigenvalue weighted by atomic mass is 9.71. The monoisotopic (exact) mass is 791 g/mol. The van der Waals surface area contributed by atoms with E-state index in [2.05, 4.69) is 57.4 Å². The van der Waals surface area contributed by atoms with Crippen LogP contribution < -0.4 is 24.3 Å². The third-order valence-electron chi connectivity index (χ3n) is 13.4. The third-order valence-corrected chi connectivity index (χ3v) is 14.9. The third kappa shape index (κ3) is 4.96. The fourth-order valence-corrected chi connectivity index (χ4v) is 12.7. The molecule has 1 unspecified atom stereocenters. The molecule has 2 saturated heterocycles. The number of hydrogen-bond acceptors (Lipinski definition) is 13. The number of phenolic OH excluding ortho intramolecular Hbond substituents is 1. The Balaban J connectivity index is 1.26. The van der Waals surface area contributed by atoms with Crippen molar-refractivity contribution in [1.29, 1.82) is 5.26 Å². The number of ether oxygens (including phenoxy) is 5. The number of ketones is 1. The number of aromatic nitrogens is 1. The molecule has 7 aliphatic heterocycles. The number of nitrogens with zero attached hydrogens (tertiary/aromatic N) is 3. The van der Waals surface area contributed by atoms with E-state index in [0.717, 1.165) is 62.0 Å². The number of aromatic amines is 1. The fraction of sp³-hybridized carbons (Fsp3) is 0.465. The normalized spacial score (nSPS) is 28.9. The van der Waals surface area contributed by atoms with Crippen LogP contribution in [0.15, 0.2) is 24.3 Å². The number of fused-ring (bicyclic) bond motifs is 12. The molecule has 296 valence electrons. The molecule has 2 fully saturated rings. The van der Waals surface area contributed by atoms with Crippen LogP contribution in [-0.4, -0.2) is 96.2 Å². The Bertz CT molecular complexity index is 2460. The molecule has 0 amide bonds. The first kappa shape index (κ1) is 36.6. The number of rotatable bonds is 2. The average Bonchev–Trinajstić information content (AvgIpc) is 3.82. The van der Waals surface area contributed by atoms with Crippen LogP contribution >= 0.6 is 11.8 Å². The van der Waals surface area contributed by atoms with Gasteiger partial charge in [0, 0.05) is 70.2 Å². The molecular formula is C43H45N5O8S. The number of thioether (sulfide) groups is 1. The van der Waals surface area contributed by atoms with Gasteiger partial charge in [-0.1, -0.05) is 24.3 Å². The molecule has 1 aromatic heterocycles. The molecule has 7 aliphatic rings. The molecule has 3 N–H and O–H groups in total. The average molecular weight is 792 g/mol. The van der Waals surface area contributed by atoms with Crippen molar-refractivity contribution in [1.82, 2.24) is 20.1 Å². The van der Waals surface area contributed by atoms with E-state index in [9.17, 15) is 20.0 Å². The fourth-order valence-electron chi connectivity index (χ4n) is 11.0. The Kier molecular flexibility index (Phi) is 8.41. The van der Waals surface area contributed by atoms with Crippen LogP contribution in [0.2, 0.25) is 0 Å². The van der Waals surface area contributed by atoms with Gasteiger partial charge in [-0.05, 0) is 62.9 Å². The van der Waals surface area contributed by atoms with E-state index >= 15 is 0 Å². The van der Waals surface area contributed by atoms with Gasteiger partial charge in [-0.2, -0.15) is 5.26 Å². The van der Waals surface area contributed by atoms with Crippen LogP contribution in [0.3, 0.4) is 0 Å². The van der Waals surface area contributed by atoms with Gasteiger partial charge in [0.15, 0.2) is 28.8 Å². The minimum Gasteiger partial charge on any atom is -0.504 e. The van der Waals surface area contributed by atoms with Crippen molar-refractivity contribution in [3.63, 3.8) is 0 Å². The number of piperazine rings is 1. The maximum Gasteiger partial charge on any atom is 0.308 e. The highest BCUT2D eigenvalue weighted by atomic mass is 32.2. The van der Waals surface area contributed by atoms with Crippen molar-refractivity contribution in [2.45, 2.75) is 81.5 Å². The maximum atomic E-state index is 14.9. The first-order valence-electron chi connectivity index (χ1n) is 19.5. The molecule has 0 radical (unpaired) electrons. The zero-order chi connectivity index (χ0) is 39.7. The molecule has 0 aliphatic carbocycles. The number of Topliss-reactive ketones (excluding diaryl/α,β-unsaturated/α-hetero) is 1. The summed E-state index contributed by atoms with van der Waals surface area (Å²) in [6.45, 7) is 7.67. The second-order valence-corrected chi connectivity index (χ2v) is 17.4. The van der Waals surface area contributed by atoms with Crippen LogP contribution in [0.4, 0.5) is 0 Å². The van der Waals surface area contributed by atoms with E-state index in [1.807, 2.05) is 20.9 Å². The van der Waals surface area contributed by atoms with Gasteiger partial charge in [0.1, 0.15) is 23.9 Å². The SMILES string of the molecule is COc1c(C)cc2c(c1O)[C@H]1C3[C@@H]4SC[C@]5(NCCc6c5[nH]c5c(C)cccc65)C(=O)COC[C@H](c5c6c(c(C)c(OC(C)=O)c54)OCO6)N3[C@@H](C#N)[C@H](C2)N1C. The lowest BCUT2D eigenvalue weighted by Crippen LogP contribution is -2.69. The highest BCUT2D eigenvalue weighted by Gasteiger charge is 2.61. The zero-order valence-corrected chi connectivity index (χ0v) is 33.6. The quantitative estimate of drug-likeness (QED) is 0.182. The summed E-state index contributed by atoms with van der Waals surface area (Å²) in [5.74, 6) is 1.57. The topological polar surface area (TPSA) is 159 Å². The number of phenols is 1. The van der Waals surface area contributed by atoms with Gasteiger partial charge in [-0.3, -0.25) is 24.7 Å². The van der Waals surface area contributed by atoms with E-state index in [4.69, 9.17) is 23.7 Å². The van der Waals surface area contributed by atoms with Crippen LogP contribution in [0.25, 0.3) is 10.9 Å². The van der Waals surface area contributed by atoms with Crippen molar-refractivity contribution in [2.24, 2.45) is 0 Å². The minimum atomic E-state index is -1.16. The highest BCUT2D eigenvalue weighted by Crippen LogP contribution is 2.64. The van der Waals surface area contributed by atoms with Gasteiger partial charge in [0.2, 0.25) is 6.79 Å². The standard InChI is InChI=1S/C43H45N5O8S/c1-19-8-7-9-24-25-10-11-45-43(42(25)46-33(19)24)17-57-41-32-31(40-39(54-18-55-40)21(3)38(32)56-22(4)49)28(15-53-16-29(43)50)48-27(14-44)26-13-23-12-20(2)37(52-6)36(51)30(23)34(35(41)48)47(26)5/h7-9,12,26-28,34-35,41,45-46,51H,10-11,13,15-18H2,1-6H3/t26-,27-,28+,34-,35?,41+,43-/m0/s1. The summed E-state index contributed by atoms with van der Waals surface area (Å²) in [6.07, 6.45) is 1.28. The van der Waals surface area contributed by atoms with Crippen molar-refractivity contribution in [3.8, 4) is 34.8 Å². The van der Waals surface area contributed by atoms with E-state index in [1.165, 1.54) is 6.92 Å².